The SMILES string of the molecule is CCC(N)(CC)COCc1ncon1. The lowest BCUT2D eigenvalue weighted by Gasteiger charge is -2.25. The standard InChI is InChI=1S/C9H17N3O2/c1-3-9(10,4-2)6-13-5-8-11-7-14-12-8/h7H,3-6,10H2,1-2H3. The summed E-state index contributed by atoms with van der Waals surface area (Å²) < 4.78 is 9.99. The van der Waals surface area contributed by atoms with Gasteiger partial charge in [0.1, 0.15) is 6.61 Å². The van der Waals surface area contributed by atoms with Gasteiger partial charge in [0.25, 0.3) is 0 Å². The van der Waals surface area contributed by atoms with Gasteiger partial charge in [-0.2, -0.15) is 4.98 Å². The Morgan fingerprint density at radius 3 is 2.71 bits per heavy atom. The van der Waals surface area contributed by atoms with Gasteiger partial charge < -0.3 is 15.0 Å². The Kier molecular flexibility index (Phi) is 4.03. The Morgan fingerprint density at radius 1 is 1.50 bits per heavy atom. The van der Waals surface area contributed by atoms with Crippen molar-refractivity contribution in [3.8, 4) is 0 Å². The Labute approximate surface area is 83.6 Å². The van der Waals surface area contributed by atoms with E-state index < -0.39 is 0 Å². The van der Waals surface area contributed by atoms with E-state index in [2.05, 4.69) is 28.5 Å². The molecule has 0 saturated carbocycles. The van der Waals surface area contributed by atoms with Crippen LogP contribution in [0.15, 0.2) is 10.9 Å². The first-order valence-electron chi connectivity index (χ1n) is 4.82. The van der Waals surface area contributed by atoms with Crippen molar-refractivity contribution in [3.05, 3.63) is 12.2 Å². The van der Waals surface area contributed by atoms with E-state index in [9.17, 15) is 0 Å². The molecule has 0 spiro atoms. The molecule has 0 saturated heterocycles. The molecule has 5 nitrogen and oxygen atoms in total. The smallest absolute Gasteiger partial charge is 0.213 e. The van der Waals surface area contributed by atoms with Crippen molar-refractivity contribution in [1.82, 2.24) is 10.1 Å². The monoisotopic (exact) mass is 199 g/mol. The highest BCUT2D eigenvalue weighted by atomic mass is 16.5. The van der Waals surface area contributed by atoms with Crippen LogP contribution in [0.5, 0.6) is 0 Å². The van der Waals surface area contributed by atoms with Crippen molar-refractivity contribution in [2.24, 2.45) is 5.73 Å². The molecule has 0 aliphatic rings. The van der Waals surface area contributed by atoms with Gasteiger partial charge in [-0.3, -0.25) is 0 Å². The third kappa shape index (κ3) is 3.08. The van der Waals surface area contributed by atoms with Gasteiger partial charge in [-0.1, -0.05) is 19.0 Å². The zero-order valence-corrected chi connectivity index (χ0v) is 8.69. The second kappa shape index (κ2) is 5.07. The molecule has 0 fully saturated rings. The van der Waals surface area contributed by atoms with E-state index in [0.717, 1.165) is 12.8 Å². The van der Waals surface area contributed by atoms with E-state index in [4.69, 9.17) is 10.5 Å². The number of rotatable bonds is 6. The summed E-state index contributed by atoms with van der Waals surface area (Å²) in [5.74, 6) is 0.555. The lowest BCUT2D eigenvalue weighted by Crippen LogP contribution is -2.43. The third-order valence-electron chi connectivity index (χ3n) is 2.44. The molecule has 0 amide bonds. The van der Waals surface area contributed by atoms with Crippen molar-refractivity contribution < 1.29 is 9.26 Å². The van der Waals surface area contributed by atoms with E-state index >= 15 is 0 Å². The summed E-state index contributed by atoms with van der Waals surface area (Å²) in [6, 6.07) is 0. The average molecular weight is 199 g/mol. The van der Waals surface area contributed by atoms with E-state index in [1.165, 1.54) is 6.39 Å². The minimum atomic E-state index is -0.232. The molecular weight excluding hydrogens is 182 g/mol. The molecule has 14 heavy (non-hydrogen) atoms. The molecule has 0 unspecified atom stereocenters. The predicted molar refractivity (Wildman–Crippen MR) is 51.5 cm³/mol. The Hall–Kier alpha value is -0.940. The second-order valence-electron chi connectivity index (χ2n) is 3.41. The van der Waals surface area contributed by atoms with Crippen molar-refractivity contribution in [1.29, 1.82) is 0 Å². The fraction of sp³-hybridized carbons (Fsp3) is 0.778. The average Bonchev–Trinajstić information content (AvgIpc) is 2.70. The molecule has 0 radical (unpaired) electrons. The van der Waals surface area contributed by atoms with Crippen LogP contribution in [0, 0.1) is 0 Å². The van der Waals surface area contributed by atoms with E-state index in [1.54, 1.807) is 0 Å². The van der Waals surface area contributed by atoms with Crippen LogP contribution >= 0.6 is 0 Å². The van der Waals surface area contributed by atoms with Gasteiger partial charge in [0.15, 0.2) is 5.82 Å². The van der Waals surface area contributed by atoms with E-state index in [-0.39, 0.29) is 5.54 Å². The highest BCUT2D eigenvalue weighted by Crippen LogP contribution is 2.11. The highest BCUT2D eigenvalue weighted by Gasteiger charge is 2.20. The van der Waals surface area contributed by atoms with E-state index in [1.807, 2.05) is 0 Å². The zero-order chi connectivity index (χ0) is 10.4. The maximum absolute atomic E-state index is 6.05. The summed E-state index contributed by atoms with van der Waals surface area (Å²) in [5.41, 5.74) is 5.81. The molecule has 1 rings (SSSR count). The summed E-state index contributed by atoms with van der Waals surface area (Å²) >= 11 is 0. The zero-order valence-electron chi connectivity index (χ0n) is 8.69. The van der Waals surface area contributed by atoms with Crippen molar-refractivity contribution in [2.45, 2.75) is 38.8 Å². The fourth-order valence-electron chi connectivity index (χ4n) is 1.06. The van der Waals surface area contributed by atoms with Gasteiger partial charge in [-0.05, 0) is 12.8 Å². The number of hydrogen-bond donors (Lipinski definition) is 1. The summed E-state index contributed by atoms with van der Waals surface area (Å²) in [4.78, 5) is 3.84. The Morgan fingerprint density at radius 2 is 2.21 bits per heavy atom. The van der Waals surface area contributed by atoms with Crippen molar-refractivity contribution >= 4 is 0 Å². The molecular formula is C9H17N3O2. The van der Waals surface area contributed by atoms with Crippen LogP contribution < -0.4 is 5.73 Å². The number of ether oxygens (including phenoxy) is 1. The highest BCUT2D eigenvalue weighted by molar-refractivity contribution is 4.81. The van der Waals surface area contributed by atoms with Crippen molar-refractivity contribution in [3.63, 3.8) is 0 Å². The van der Waals surface area contributed by atoms with Crippen LogP contribution in [0.4, 0.5) is 0 Å². The quantitative estimate of drug-likeness (QED) is 0.742. The third-order valence-corrected chi connectivity index (χ3v) is 2.44. The van der Waals surface area contributed by atoms with Gasteiger partial charge in [-0.15, -0.1) is 0 Å². The van der Waals surface area contributed by atoms with Gasteiger partial charge in [-0.25, -0.2) is 0 Å². The normalized spacial score (nSPS) is 11.9. The topological polar surface area (TPSA) is 74.2 Å². The number of nitrogens with two attached hydrogens (primary N) is 1. The van der Waals surface area contributed by atoms with Crippen LogP contribution in [0.25, 0.3) is 0 Å². The number of aromatic nitrogens is 2. The molecule has 0 atom stereocenters. The summed E-state index contributed by atoms with van der Waals surface area (Å²) in [6.45, 7) is 4.99. The maximum atomic E-state index is 6.05. The second-order valence-corrected chi connectivity index (χ2v) is 3.41. The molecule has 0 aliphatic heterocycles. The molecule has 0 aliphatic carbocycles. The minimum Gasteiger partial charge on any atom is -0.371 e. The minimum absolute atomic E-state index is 0.232. The number of hydrogen-bond acceptors (Lipinski definition) is 5. The number of nitrogens with zero attached hydrogens (tertiary/aromatic N) is 2. The molecule has 1 heterocycles. The maximum Gasteiger partial charge on any atom is 0.213 e. The molecule has 1 aromatic rings. The summed E-state index contributed by atoms with van der Waals surface area (Å²) in [7, 11) is 0. The summed E-state index contributed by atoms with van der Waals surface area (Å²) in [5, 5.41) is 3.64. The molecule has 80 valence electrons. The first-order valence-corrected chi connectivity index (χ1v) is 4.82. The van der Waals surface area contributed by atoms with Crippen LogP contribution in [0.2, 0.25) is 0 Å². The van der Waals surface area contributed by atoms with Gasteiger partial charge in [0.05, 0.1) is 6.61 Å². The molecule has 5 heteroatoms. The van der Waals surface area contributed by atoms with E-state index in [0.29, 0.717) is 19.0 Å². The van der Waals surface area contributed by atoms with Gasteiger partial charge in [0, 0.05) is 5.54 Å². The molecule has 2 N–H and O–H groups in total. The fourth-order valence-corrected chi connectivity index (χ4v) is 1.06. The van der Waals surface area contributed by atoms with Crippen LogP contribution in [-0.2, 0) is 11.3 Å². The first-order chi connectivity index (χ1) is 6.70. The summed E-state index contributed by atoms with van der Waals surface area (Å²) in [6.07, 6.45) is 3.08. The van der Waals surface area contributed by atoms with Gasteiger partial charge >= 0.3 is 0 Å². The Balaban J connectivity index is 2.27. The van der Waals surface area contributed by atoms with Crippen LogP contribution in [-0.4, -0.2) is 22.3 Å². The lowest BCUT2D eigenvalue weighted by molar-refractivity contribution is 0.0646. The van der Waals surface area contributed by atoms with Crippen molar-refractivity contribution in [2.75, 3.05) is 6.61 Å². The molecule has 1 aromatic heterocycles. The van der Waals surface area contributed by atoms with Crippen LogP contribution in [0.1, 0.15) is 32.5 Å². The first kappa shape index (κ1) is 11.1. The Bertz CT molecular complexity index is 245. The largest absolute Gasteiger partial charge is 0.371 e. The lowest BCUT2D eigenvalue weighted by atomic mass is 9.96. The predicted octanol–water partition coefficient (Wildman–Crippen LogP) is 1.10. The van der Waals surface area contributed by atoms with Crippen LogP contribution in [0.3, 0.4) is 0 Å². The molecule has 0 bridgehead atoms. The molecule has 0 aromatic carbocycles. The van der Waals surface area contributed by atoms with Gasteiger partial charge in [0.2, 0.25) is 6.39 Å².